The summed E-state index contributed by atoms with van der Waals surface area (Å²) >= 11 is 5.80. The third kappa shape index (κ3) is 3.33. The normalized spacial score (nSPS) is 27.9. The van der Waals surface area contributed by atoms with Gasteiger partial charge in [-0.15, -0.1) is 0 Å². The molecular formula is C16H22ClFN2O. The van der Waals surface area contributed by atoms with Crippen LogP contribution in [0.2, 0.25) is 5.02 Å². The first-order valence-electron chi connectivity index (χ1n) is 7.77. The molecule has 1 aromatic rings. The number of aliphatic hydroxyl groups is 1. The summed E-state index contributed by atoms with van der Waals surface area (Å²) in [6.45, 7) is 3.34. The van der Waals surface area contributed by atoms with Crippen molar-refractivity contribution < 1.29 is 9.50 Å². The Balaban J connectivity index is 1.62. The monoisotopic (exact) mass is 312 g/mol. The van der Waals surface area contributed by atoms with Crippen LogP contribution in [-0.2, 0) is 0 Å². The van der Waals surface area contributed by atoms with Crippen LogP contribution < -0.4 is 4.90 Å². The SMILES string of the molecule is O[C@H]1CCCC[C@@H]1N1CCN(c2ccc(Cl)cc2F)CC1. The fraction of sp³-hybridized carbons (Fsp3) is 0.625. The van der Waals surface area contributed by atoms with Crippen molar-refractivity contribution in [2.45, 2.75) is 37.8 Å². The second-order valence-electron chi connectivity index (χ2n) is 6.04. The zero-order valence-corrected chi connectivity index (χ0v) is 12.9. The molecule has 2 atom stereocenters. The maximum absolute atomic E-state index is 14.0. The van der Waals surface area contributed by atoms with Crippen molar-refractivity contribution in [2.75, 3.05) is 31.1 Å². The minimum absolute atomic E-state index is 0.197. The topological polar surface area (TPSA) is 26.7 Å². The van der Waals surface area contributed by atoms with Crippen molar-refractivity contribution in [3.8, 4) is 0 Å². The van der Waals surface area contributed by atoms with Crippen molar-refractivity contribution in [1.82, 2.24) is 4.90 Å². The summed E-state index contributed by atoms with van der Waals surface area (Å²) in [4.78, 5) is 4.44. The molecule has 116 valence electrons. The van der Waals surface area contributed by atoms with Crippen LogP contribution in [0.1, 0.15) is 25.7 Å². The molecule has 3 rings (SSSR count). The highest BCUT2D eigenvalue weighted by molar-refractivity contribution is 6.30. The second-order valence-corrected chi connectivity index (χ2v) is 6.47. The molecule has 5 heteroatoms. The Labute approximate surface area is 130 Å². The van der Waals surface area contributed by atoms with E-state index in [-0.39, 0.29) is 18.0 Å². The Kier molecular flexibility index (Phi) is 4.67. The van der Waals surface area contributed by atoms with Gasteiger partial charge in [-0.1, -0.05) is 24.4 Å². The van der Waals surface area contributed by atoms with Crippen molar-refractivity contribution in [3.63, 3.8) is 0 Å². The lowest BCUT2D eigenvalue weighted by Crippen LogP contribution is -2.54. The summed E-state index contributed by atoms with van der Waals surface area (Å²) in [5.41, 5.74) is 0.628. The Morgan fingerprint density at radius 1 is 1.10 bits per heavy atom. The Morgan fingerprint density at radius 3 is 2.48 bits per heavy atom. The third-order valence-electron chi connectivity index (χ3n) is 4.73. The second kappa shape index (κ2) is 6.51. The zero-order valence-electron chi connectivity index (χ0n) is 12.1. The van der Waals surface area contributed by atoms with Gasteiger partial charge in [-0.2, -0.15) is 0 Å². The Bertz CT molecular complexity index is 491. The molecule has 0 bridgehead atoms. The van der Waals surface area contributed by atoms with Crippen LogP contribution in [0.15, 0.2) is 18.2 Å². The Morgan fingerprint density at radius 2 is 1.81 bits per heavy atom. The quantitative estimate of drug-likeness (QED) is 0.909. The predicted molar refractivity (Wildman–Crippen MR) is 83.5 cm³/mol. The van der Waals surface area contributed by atoms with E-state index in [1.165, 1.54) is 12.5 Å². The Hall–Kier alpha value is -0.840. The zero-order chi connectivity index (χ0) is 14.8. The van der Waals surface area contributed by atoms with Crippen LogP contribution in [0, 0.1) is 5.82 Å². The number of halogens is 2. The van der Waals surface area contributed by atoms with E-state index >= 15 is 0 Å². The maximum atomic E-state index is 14.0. The molecule has 0 spiro atoms. The summed E-state index contributed by atoms with van der Waals surface area (Å²) in [5.74, 6) is -0.256. The average Bonchev–Trinajstić information content (AvgIpc) is 2.48. The van der Waals surface area contributed by atoms with Gasteiger partial charge in [0, 0.05) is 37.2 Å². The molecule has 1 aromatic carbocycles. The highest BCUT2D eigenvalue weighted by Gasteiger charge is 2.31. The van der Waals surface area contributed by atoms with Gasteiger partial charge in [-0.3, -0.25) is 4.90 Å². The van der Waals surface area contributed by atoms with Gasteiger partial charge in [0.1, 0.15) is 5.82 Å². The molecule has 21 heavy (non-hydrogen) atoms. The summed E-state index contributed by atoms with van der Waals surface area (Å²) in [6.07, 6.45) is 4.13. The highest BCUT2D eigenvalue weighted by Crippen LogP contribution is 2.27. The fourth-order valence-corrected chi connectivity index (χ4v) is 3.71. The van der Waals surface area contributed by atoms with Crippen LogP contribution >= 0.6 is 11.6 Å². The minimum atomic E-state index is -0.256. The van der Waals surface area contributed by atoms with E-state index in [0.717, 1.165) is 45.4 Å². The molecule has 1 heterocycles. The van der Waals surface area contributed by atoms with E-state index in [0.29, 0.717) is 10.7 Å². The lowest BCUT2D eigenvalue weighted by molar-refractivity contribution is 0.0172. The van der Waals surface area contributed by atoms with Crippen LogP contribution in [0.3, 0.4) is 0 Å². The van der Waals surface area contributed by atoms with Crippen molar-refractivity contribution in [3.05, 3.63) is 29.0 Å². The fourth-order valence-electron chi connectivity index (χ4n) is 3.55. The van der Waals surface area contributed by atoms with E-state index in [4.69, 9.17) is 11.6 Å². The molecule has 2 aliphatic rings. The molecule has 1 saturated heterocycles. The smallest absolute Gasteiger partial charge is 0.147 e. The number of nitrogens with zero attached hydrogens (tertiary/aromatic N) is 2. The molecule has 0 aromatic heterocycles. The van der Waals surface area contributed by atoms with Gasteiger partial charge in [0.2, 0.25) is 0 Å². The molecule has 0 unspecified atom stereocenters. The van der Waals surface area contributed by atoms with Crippen LogP contribution in [0.5, 0.6) is 0 Å². The lowest BCUT2D eigenvalue weighted by Gasteiger charge is -2.43. The van der Waals surface area contributed by atoms with E-state index in [1.54, 1.807) is 12.1 Å². The summed E-state index contributed by atoms with van der Waals surface area (Å²) in [5, 5.41) is 10.6. The molecule has 0 radical (unpaired) electrons. The van der Waals surface area contributed by atoms with Crippen LogP contribution in [-0.4, -0.2) is 48.3 Å². The van der Waals surface area contributed by atoms with Gasteiger partial charge in [0.05, 0.1) is 11.8 Å². The first kappa shape index (κ1) is 15.1. The minimum Gasteiger partial charge on any atom is -0.391 e. The van der Waals surface area contributed by atoms with E-state index in [2.05, 4.69) is 9.80 Å². The van der Waals surface area contributed by atoms with Crippen molar-refractivity contribution >= 4 is 17.3 Å². The van der Waals surface area contributed by atoms with E-state index in [9.17, 15) is 9.50 Å². The van der Waals surface area contributed by atoms with Crippen LogP contribution in [0.4, 0.5) is 10.1 Å². The molecule has 2 fully saturated rings. The lowest BCUT2D eigenvalue weighted by atomic mass is 9.91. The number of benzene rings is 1. The molecule has 1 aliphatic heterocycles. The van der Waals surface area contributed by atoms with Crippen molar-refractivity contribution in [1.29, 1.82) is 0 Å². The van der Waals surface area contributed by atoms with E-state index < -0.39 is 0 Å². The van der Waals surface area contributed by atoms with E-state index in [1.807, 2.05) is 0 Å². The largest absolute Gasteiger partial charge is 0.391 e. The highest BCUT2D eigenvalue weighted by atomic mass is 35.5. The van der Waals surface area contributed by atoms with Gasteiger partial charge in [0.25, 0.3) is 0 Å². The van der Waals surface area contributed by atoms with Gasteiger partial charge in [-0.05, 0) is 31.0 Å². The summed E-state index contributed by atoms with van der Waals surface area (Å²) in [7, 11) is 0. The molecule has 1 N–H and O–H groups in total. The number of rotatable bonds is 2. The van der Waals surface area contributed by atoms with Crippen molar-refractivity contribution in [2.24, 2.45) is 0 Å². The first-order valence-corrected chi connectivity index (χ1v) is 8.15. The summed E-state index contributed by atoms with van der Waals surface area (Å²) in [6, 6.07) is 5.14. The first-order chi connectivity index (χ1) is 10.1. The number of anilines is 1. The predicted octanol–water partition coefficient (Wildman–Crippen LogP) is 2.90. The molecule has 1 saturated carbocycles. The van der Waals surface area contributed by atoms with Gasteiger partial charge < -0.3 is 10.0 Å². The third-order valence-corrected chi connectivity index (χ3v) is 4.96. The van der Waals surface area contributed by atoms with Gasteiger partial charge in [-0.25, -0.2) is 4.39 Å². The number of piperazine rings is 1. The molecule has 1 aliphatic carbocycles. The standard InChI is InChI=1S/C16H22ClFN2O/c17-12-5-6-14(13(18)11-12)19-7-9-20(10-8-19)15-3-1-2-4-16(15)21/h5-6,11,15-16,21H,1-4,7-10H2/t15-,16-/m0/s1. The molecule has 0 amide bonds. The number of hydrogen-bond donors (Lipinski definition) is 1. The maximum Gasteiger partial charge on any atom is 0.147 e. The number of aliphatic hydroxyl groups excluding tert-OH is 1. The van der Waals surface area contributed by atoms with Crippen LogP contribution in [0.25, 0.3) is 0 Å². The molecule has 3 nitrogen and oxygen atoms in total. The molecular weight excluding hydrogens is 291 g/mol. The summed E-state index contributed by atoms with van der Waals surface area (Å²) < 4.78 is 14.0. The van der Waals surface area contributed by atoms with Gasteiger partial charge in [0.15, 0.2) is 0 Å². The average molecular weight is 313 g/mol. The number of hydrogen-bond acceptors (Lipinski definition) is 3. The van der Waals surface area contributed by atoms with Gasteiger partial charge >= 0.3 is 0 Å².